The van der Waals surface area contributed by atoms with Crippen molar-refractivity contribution in [2.45, 2.75) is 63.5 Å². The molecule has 0 unspecified atom stereocenters. The molecule has 0 heterocycles. The quantitative estimate of drug-likeness (QED) is 0.443. The van der Waals surface area contributed by atoms with Gasteiger partial charge in [0.1, 0.15) is 0 Å². The molecule has 22 heavy (non-hydrogen) atoms. The predicted octanol–water partition coefficient (Wildman–Crippen LogP) is 4.64. The van der Waals surface area contributed by atoms with Gasteiger partial charge in [-0.25, -0.2) is 0 Å². The molecule has 0 aromatic heterocycles. The highest BCUT2D eigenvalue weighted by Crippen LogP contribution is 2.46. The van der Waals surface area contributed by atoms with E-state index in [4.69, 9.17) is 0 Å². The molecule has 0 rings (SSSR count). The van der Waals surface area contributed by atoms with Crippen LogP contribution in [0, 0.1) is 0 Å². The Morgan fingerprint density at radius 3 is 1.86 bits per heavy atom. The first-order valence-electron chi connectivity index (χ1n) is 6.93. The summed E-state index contributed by atoms with van der Waals surface area (Å²) < 4.78 is 87.6. The zero-order valence-electron chi connectivity index (χ0n) is 12.5. The second-order valence-corrected chi connectivity index (χ2v) is 5.19. The third kappa shape index (κ3) is 5.64. The molecule has 0 aliphatic rings. The average Bonchev–Trinajstić information content (AvgIpc) is 2.36. The molecule has 0 N–H and O–H groups in total. The highest BCUT2D eigenvalue weighted by Gasteiger charge is 2.73. The van der Waals surface area contributed by atoms with E-state index in [-0.39, 0.29) is 11.3 Å². The topological polar surface area (TPSA) is 20.3 Å². The number of halogens is 7. The van der Waals surface area contributed by atoms with Crippen molar-refractivity contribution in [1.29, 1.82) is 0 Å². The Labute approximate surface area is 124 Å². The van der Waals surface area contributed by atoms with E-state index >= 15 is 0 Å². The van der Waals surface area contributed by atoms with Crippen molar-refractivity contribution in [3.63, 3.8) is 0 Å². The fourth-order valence-electron chi connectivity index (χ4n) is 1.76. The maximum absolute atomic E-state index is 13.1. The van der Waals surface area contributed by atoms with Crippen LogP contribution in [0.25, 0.3) is 0 Å². The Hall–Kier alpha value is -1.02. The molecule has 0 aliphatic heterocycles. The largest absolute Gasteiger partial charge is 0.459 e. The third-order valence-corrected chi connectivity index (χ3v) is 3.17. The van der Waals surface area contributed by atoms with Crippen LogP contribution in [0.15, 0.2) is 0 Å². The van der Waals surface area contributed by atoms with E-state index in [1.807, 2.05) is 6.92 Å². The number of rotatable bonds is 9. The lowest BCUT2D eigenvalue weighted by atomic mass is 10.1. The molecule has 0 spiro atoms. The number of unbranched alkanes of at least 4 members (excludes halogenated alkanes) is 4. The SMILES string of the molecule is CCCCCCCC(=O)N(C)CC(F)(F)C(F)(F)C(F)(F)F. The lowest BCUT2D eigenvalue weighted by Gasteiger charge is -2.31. The summed E-state index contributed by atoms with van der Waals surface area (Å²) in [5, 5.41) is 0. The molecule has 1 amide bonds. The van der Waals surface area contributed by atoms with Crippen molar-refractivity contribution >= 4 is 5.91 Å². The van der Waals surface area contributed by atoms with Gasteiger partial charge < -0.3 is 4.90 Å². The van der Waals surface area contributed by atoms with E-state index < -0.39 is 30.5 Å². The van der Waals surface area contributed by atoms with E-state index in [1.165, 1.54) is 0 Å². The van der Waals surface area contributed by atoms with Crippen LogP contribution in [0.3, 0.4) is 0 Å². The summed E-state index contributed by atoms with van der Waals surface area (Å²) in [6.07, 6.45) is -2.73. The predicted molar refractivity (Wildman–Crippen MR) is 67.0 cm³/mol. The van der Waals surface area contributed by atoms with Crippen LogP contribution < -0.4 is 0 Å². The van der Waals surface area contributed by atoms with E-state index in [0.29, 0.717) is 12.8 Å². The first kappa shape index (κ1) is 21.0. The van der Waals surface area contributed by atoms with E-state index in [1.54, 1.807) is 0 Å². The van der Waals surface area contributed by atoms with Gasteiger partial charge in [-0.05, 0) is 6.42 Å². The molecule has 0 aliphatic carbocycles. The number of hydrogen-bond donors (Lipinski definition) is 0. The first-order chi connectivity index (χ1) is 9.87. The van der Waals surface area contributed by atoms with Crippen LogP contribution in [-0.2, 0) is 4.79 Å². The van der Waals surface area contributed by atoms with Crippen molar-refractivity contribution in [1.82, 2.24) is 4.90 Å². The van der Waals surface area contributed by atoms with E-state index in [0.717, 1.165) is 26.3 Å². The van der Waals surface area contributed by atoms with Gasteiger partial charge in [0.25, 0.3) is 0 Å². The molecular weight excluding hydrogens is 319 g/mol. The van der Waals surface area contributed by atoms with Gasteiger partial charge in [0, 0.05) is 13.5 Å². The fraction of sp³-hybridized carbons (Fsp3) is 0.923. The summed E-state index contributed by atoms with van der Waals surface area (Å²) in [7, 11) is 0.786. The molecule has 0 aromatic rings. The Kier molecular flexibility index (Phi) is 7.64. The van der Waals surface area contributed by atoms with Crippen LogP contribution >= 0.6 is 0 Å². The van der Waals surface area contributed by atoms with Crippen LogP contribution in [0.4, 0.5) is 30.7 Å². The average molecular weight is 339 g/mol. The minimum atomic E-state index is -6.37. The van der Waals surface area contributed by atoms with Crippen molar-refractivity contribution in [2.24, 2.45) is 0 Å². The molecule has 0 saturated heterocycles. The Morgan fingerprint density at radius 2 is 1.41 bits per heavy atom. The summed E-state index contributed by atoms with van der Waals surface area (Å²) in [6, 6.07) is 0. The number of carbonyl (C=O) groups excluding carboxylic acids is 1. The standard InChI is InChI=1S/C13H20F7NO/c1-3-4-5-6-7-8-10(22)21(2)9-11(14,15)12(16,17)13(18,19)20/h3-9H2,1-2H3. The highest BCUT2D eigenvalue weighted by molar-refractivity contribution is 5.75. The van der Waals surface area contributed by atoms with Crippen molar-refractivity contribution in [2.75, 3.05) is 13.6 Å². The zero-order valence-corrected chi connectivity index (χ0v) is 12.5. The maximum atomic E-state index is 13.1. The number of amides is 1. The van der Waals surface area contributed by atoms with Gasteiger partial charge in [0.2, 0.25) is 5.91 Å². The van der Waals surface area contributed by atoms with Gasteiger partial charge >= 0.3 is 18.0 Å². The van der Waals surface area contributed by atoms with Gasteiger partial charge in [0.05, 0.1) is 6.54 Å². The minimum absolute atomic E-state index is 0.159. The van der Waals surface area contributed by atoms with Gasteiger partial charge in [-0.1, -0.05) is 32.6 Å². The molecule has 0 atom stereocenters. The van der Waals surface area contributed by atoms with Crippen molar-refractivity contribution in [3.8, 4) is 0 Å². The Bertz CT molecular complexity index is 355. The van der Waals surface area contributed by atoms with Crippen LogP contribution in [0.1, 0.15) is 45.4 Å². The van der Waals surface area contributed by atoms with Crippen LogP contribution in [-0.4, -0.2) is 42.4 Å². The van der Waals surface area contributed by atoms with Crippen molar-refractivity contribution in [3.05, 3.63) is 0 Å². The third-order valence-electron chi connectivity index (χ3n) is 3.17. The normalized spacial score (nSPS) is 13.3. The maximum Gasteiger partial charge on any atom is 0.459 e. The van der Waals surface area contributed by atoms with Crippen LogP contribution in [0.5, 0.6) is 0 Å². The molecular formula is C13H20F7NO. The second-order valence-electron chi connectivity index (χ2n) is 5.19. The smallest absolute Gasteiger partial charge is 0.339 e. The molecule has 0 bridgehead atoms. The first-order valence-corrected chi connectivity index (χ1v) is 6.93. The lowest BCUT2D eigenvalue weighted by Crippen LogP contribution is -2.57. The van der Waals surface area contributed by atoms with Gasteiger partial charge in [-0.2, -0.15) is 30.7 Å². The molecule has 0 saturated carbocycles. The van der Waals surface area contributed by atoms with Gasteiger partial charge in [-0.3, -0.25) is 4.79 Å². The molecule has 2 nitrogen and oxygen atoms in total. The summed E-state index contributed by atoms with van der Waals surface area (Å²) >= 11 is 0. The Balaban J connectivity index is 4.50. The summed E-state index contributed by atoms with van der Waals surface area (Å²) in [5.74, 6) is -12.4. The molecule has 0 radical (unpaired) electrons. The monoisotopic (exact) mass is 339 g/mol. The summed E-state index contributed by atoms with van der Waals surface area (Å²) in [4.78, 5) is 11.7. The van der Waals surface area contributed by atoms with Crippen molar-refractivity contribution < 1.29 is 35.5 Å². The number of hydrogen-bond acceptors (Lipinski definition) is 1. The molecule has 9 heteroatoms. The Morgan fingerprint density at radius 1 is 0.909 bits per heavy atom. The van der Waals surface area contributed by atoms with E-state index in [9.17, 15) is 35.5 Å². The number of alkyl halides is 7. The molecule has 0 fully saturated rings. The molecule has 132 valence electrons. The fourth-order valence-corrected chi connectivity index (χ4v) is 1.76. The van der Waals surface area contributed by atoms with Crippen LogP contribution in [0.2, 0.25) is 0 Å². The zero-order chi connectivity index (χ0) is 17.6. The summed E-state index contributed by atoms with van der Waals surface area (Å²) in [6.45, 7) is -0.00482. The van der Waals surface area contributed by atoms with E-state index in [2.05, 4.69) is 0 Å². The second kappa shape index (κ2) is 8.01. The van der Waals surface area contributed by atoms with Gasteiger partial charge in [0.15, 0.2) is 0 Å². The number of nitrogens with zero attached hydrogens (tertiary/aromatic N) is 1. The lowest BCUT2D eigenvalue weighted by molar-refractivity contribution is -0.355. The number of carbonyl (C=O) groups is 1. The summed E-state index contributed by atoms with van der Waals surface area (Å²) in [5.41, 5.74) is 0. The highest BCUT2D eigenvalue weighted by atomic mass is 19.4. The molecule has 0 aromatic carbocycles. The minimum Gasteiger partial charge on any atom is -0.339 e. The van der Waals surface area contributed by atoms with Gasteiger partial charge in [-0.15, -0.1) is 0 Å².